The van der Waals surface area contributed by atoms with Crippen molar-refractivity contribution in [3.05, 3.63) is 71.1 Å². The molecule has 0 radical (unpaired) electrons. The van der Waals surface area contributed by atoms with E-state index in [0.29, 0.717) is 23.6 Å². The van der Waals surface area contributed by atoms with E-state index in [-0.39, 0.29) is 30.7 Å². The molecule has 29 heavy (non-hydrogen) atoms. The number of hydrogen-bond acceptors (Lipinski definition) is 6. The van der Waals surface area contributed by atoms with Crippen molar-refractivity contribution < 1.29 is 18.8 Å². The van der Waals surface area contributed by atoms with E-state index in [1.165, 1.54) is 12.1 Å². The van der Waals surface area contributed by atoms with Crippen LogP contribution in [0.5, 0.6) is 0 Å². The van der Waals surface area contributed by atoms with Crippen molar-refractivity contribution in [1.82, 2.24) is 10.2 Å². The topological polar surface area (TPSA) is 105 Å². The molecule has 1 aliphatic heterocycles. The second-order valence-electron chi connectivity index (χ2n) is 6.79. The van der Waals surface area contributed by atoms with E-state index in [9.17, 15) is 14.4 Å². The fourth-order valence-corrected chi connectivity index (χ4v) is 3.05. The minimum absolute atomic E-state index is 0.00564. The van der Waals surface area contributed by atoms with Gasteiger partial charge >= 0.3 is 6.01 Å². The Morgan fingerprint density at radius 3 is 2.31 bits per heavy atom. The number of rotatable bonds is 5. The molecule has 1 aromatic heterocycles. The number of nitrogens with zero attached hydrogens (tertiary/aromatic N) is 3. The summed E-state index contributed by atoms with van der Waals surface area (Å²) >= 11 is 0. The second-order valence-corrected chi connectivity index (χ2v) is 6.79. The van der Waals surface area contributed by atoms with Crippen molar-refractivity contribution in [2.45, 2.75) is 26.2 Å². The Labute approximate surface area is 166 Å². The Kier molecular flexibility index (Phi) is 4.90. The van der Waals surface area contributed by atoms with E-state index >= 15 is 0 Å². The maximum atomic E-state index is 12.4. The van der Waals surface area contributed by atoms with Gasteiger partial charge in [0.1, 0.15) is 0 Å². The van der Waals surface area contributed by atoms with Crippen LogP contribution in [0.2, 0.25) is 0 Å². The van der Waals surface area contributed by atoms with Crippen molar-refractivity contribution in [1.29, 1.82) is 0 Å². The highest BCUT2D eigenvalue weighted by Gasteiger charge is 2.30. The van der Waals surface area contributed by atoms with Crippen molar-refractivity contribution >= 4 is 29.4 Å². The average Bonchev–Trinajstić information content (AvgIpc) is 3.29. The Hall–Kier alpha value is -3.81. The van der Waals surface area contributed by atoms with Gasteiger partial charge in [0.15, 0.2) is 0 Å². The molecule has 0 unspecified atom stereocenters. The van der Waals surface area contributed by atoms with Crippen molar-refractivity contribution in [3.8, 4) is 0 Å². The Balaban J connectivity index is 1.40. The van der Waals surface area contributed by atoms with Crippen LogP contribution in [0.25, 0.3) is 0 Å². The van der Waals surface area contributed by atoms with Crippen molar-refractivity contribution in [2.24, 2.45) is 0 Å². The molecule has 8 heteroatoms. The summed E-state index contributed by atoms with van der Waals surface area (Å²) in [5.41, 5.74) is 2.98. The molecule has 0 spiro atoms. The summed E-state index contributed by atoms with van der Waals surface area (Å²) in [6, 6.07) is 14.2. The van der Waals surface area contributed by atoms with Gasteiger partial charge in [-0.05, 0) is 36.8 Å². The molecular formula is C21H18N4O4. The number of aryl methyl sites for hydroxylation is 1. The lowest BCUT2D eigenvalue weighted by Gasteiger charge is -2.13. The first-order chi connectivity index (χ1) is 14.0. The van der Waals surface area contributed by atoms with Crippen LogP contribution in [0.15, 0.2) is 52.9 Å². The van der Waals surface area contributed by atoms with Gasteiger partial charge in [0.2, 0.25) is 17.7 Å². The molecule has 2 aromatic carbocycles. The molecule has 1 aliphatic rings. The lowest BCUT2D eigenvalue weighted by molar-refractivity contribution is -0.121. The van der Waals surface area contributed by atoms with Crippen LogP contribution in [-0.2, 0) is 16.0 Å². The lowest BCUT2D eigenvalue weighted by Crippen LogP contribution is -2.28. The number of imide groups is 1. The summed E-state index contributed by atoms with van der Waals surface area (Å²) in [5, 5.41) is 10.4. The molecule has 2 heterocycles. The smallest absolute Gasteiger partial charge is 0.322 e. The molecular weight excluding hydrogens is 372 g/mol. The van der Waals surface area contributed by atoms with Gasteiger partial charge in [-0.15, -0.1) is 5.10 Å². The molecule has 3 aromatic rings. The average molecular weight is 390 g/mol. The standard InChI is InChI=1S/C21H18N4O4/c1-13-2-4-14(5-3-13)12-17-23-24-21(29-17)22-20(28)15-6-8-16(9-7-15)25-18(26)10-11-19(25)27/h2-9H,10-12H2,1H3,(H,22,24,28). The molecule has 0 aliphatic carbocycles. The molecule has 0 saturated carbocycles. The van der Waals surface area contributed by atoms with Gasteiger partial charge in [0, 0.05) is 18.4 Å². The summed E-state index contributed by atoms with van der Waals surface area (Å²) in [4.78, 5) is 37.1. The van der Waals surface area contributed by atoms with Gasteiger partial charge in [-0.1, -0.05) is 34.9 Å². The minimum atomic E-state index is -0.429. The van der Waals surface area contributed by atoms with Crippen LogP contribution >= 0.6 is 0 Å². The lowest BCUT2D eigenvalue weighted by atomic mass is 10.1. The minimum Gasteiger partial charge on any atom is -0.407 e. The maximum absolute atomic E-state index is 12.4. The molecule has 0 bridgehead atoms. The zero-order valence-electron chi connectivity index (χ0n) is 15.7. The highest BCUT2D eigenvalue weighted by atomic mass is 16.4. The van der Waals surface area contributed by atoms with E-state index in [1.54, 1.807) is 12.1 Å². The third-order valence-corrected chi connectivity index (χ3v) is 4.60. The Morgan fingerprint density at radius 1 is 1.00 bits per heavy atom. The van der Waals surface area contributed by atoms with Crippen LogP contribution in [0, 0.1) is 6.92 Å². The largest absolute Gasteiger partial charge is 0.407 e. The van der Waals surface area contributed by atoms with E-state index in [1.807, 2.05) is 31.2 Å². The number of nitrogens with one attached hydrogen (secondary N) is 1. The fraction of sp³-hybridized carbons (Fsp3) is 0.190. The van der Waals surface area contributed by atoms with Crippen LogP contribution in [0.1, 0.15) is 40.2 Å². The predicted octanol–water partition coefficient (Wildman–Crippen LogP) is 2.87. The van der Waals surface area contributed by atoms with Gasteiger partial charge in [-0.25, -0.2) is 0 Å². The summed E-state index contributed by atoms with van der Waals surface area (Å²) in [5.74, 6) is -0.509. The molecule has 0 atom stereocenters. The van der Waals surface area contributed by atoms with Crippen LogP contribution in [0.3, 0.4) is 0 Å². The fourth-order valence-electron chi connectivity index (χ4n) is 3.05. The molecule has 3 amide bonds. The van der Waals surface area contributed by atoms with E-state index < -0.39 is 5.91 Å². The van der Waals surface area contributed by atoms with Gasteiger partial charge in [0.25, 0.3) is 5.91 Å². The Bertz CT molecular complexity index is 1050. The first-order valence-corrected chi connectivity index (χ1v) is 9.15. The van der Waals surface area contributed by atoms with Gasteiger partial charge in [0.05, 0.1) is 12.1 Å². The summed E-state index contributed by atoms with van der Waals surface area (Å²) in [7, 11) is 0. The third-order valence-electron chi connectivity index (χ3n) is 4.60. The molecule has 1 fully saturated rings. The first kappa shape index (κ1) is 18.5. The molecule has 4 rings (SSSR count). The maximum Gasteiger partial charge on any atom is 0.322 e. The number of amides is 3. The number of carbonyl (C=O) groups is 3. The highest BCUT2D eigenvalue weighted by Crippen LogP contribution is 2.23. The van der Waals surface area contributed by atoms with E-state index in [0.717, 1.165) is 16.0 Å². The number of carbonyl (C=O) groups excluding carboxylic acids is 3. The highest BCUT2D eigenvalue weighted by molar-refractivity contribution is 6.20. The number of hydrogen-bond donors (Lipinski definition) is 1. The van der Waals surface area contributed by atoms with Gasteiger partial charge in [-0.3, -0.25) is 24.6 Å². The molecule has 146 valence electrons. The van der Waals surface area contributed by atoms with Gasteiger partial charge in [-0.2, -0.15) is 0 Å². The summed E-state index contributed by atoms with van der Waals surface area (Å²) in [6.45, 7) is 2.01. The monoisotopic (exact) mass is 390 g/mol. The SMILES string of the molecule is Cc1ccc(Cc2nnc(NC(=O)c3ccc(N4C(=O)CCC4=O)cc3)o2)cc1. The predicted molar refractivity (Wildman–Crippen MR) is 104 cm³/mol. The van der Waals surface area contributed by atoms with Gasteiger partial charge < -0.3 is 4.42 Å². The normalized spacial score (nSPS) is 13.8. The number of aromatic nitrogens is 2. The number of anilines is 2. The number of benzene rings is 2. The molecule has 8 nitrogen and oxygen atoms in total. The third kappa shape index (κ3) is 4.06. The van der Waals surface area contributed by atoms with Crippen molar-refractivity contribution in [2.75, 3.05) is 10.2 Å². The quantitative estimate of drug-likeness (QED) is 0.672. The molecule has 1 saturated heterocycles. The first-order valence-electron chi connectivity index (χ1n) is 9.15. The van der Waals surface area contributed by atoms with E-state index in [2.05, 4.69) is 15.5 Å². The summed E-state index contributed by atoms with van der Waals surface area (Å²) in [6.07, 6.45) is 0.891. The summed E-state index contributed by atoms with van der Waals surface area (Å²) < 4.78 is 5.49. The van der Waals surface area contributed by atoms with Crippen LogP contribution < -0.4 is 10.2 Å². The zero-order valence-corrected chi connectivity index (χ0v) is 15.7. The van der Waals surface area contributed by atoms with Crippen molar-refractivity contribution in [3.63, 3.8) is 0 Å². The van der Waals surface area contributed by atoms with E-state index in [4.69, 9.17) is 4.42 Å². The molecule has 1 N–H and O–H groups in total. The zero-order chi connectivity index (χ0) is 20.4. The van der Waals surface area contributed by atoms with Crippen LogP contribution in [0.4, 0.5) is 11.7 Å². The van der Waals surface area contributed by atoms with Crippen LogP contribution in [-0.4, -0.2) is 27.9 Å². The second kappa shape index (κ2) is 7.67. The Morgan fingerprint density at radius 2 is 1.66 bits per heavy atom.